The fraction of sp³-hybridized carbons (Fsp3) is 0.450. The highest BCUT2D eigenvalue weighted by Crippen LogP contribution is 2.28. The number of nitrogens with zero attached hydrogens (tertiary/aromatic N) is 5. The Hall–Kier alpha value is -2.67. The van der Waals surface area contributed by atoms with Gasteiger partial charge in [-0.15, -0.1) is 0 Å². The van der Waals surface area contributed by atoms with Crippen molar-refractivity contribution in [2.45, 2.75) is 32.9 Å². The van der Waals surface area contributed by atoms with E-state index in [0.717, 1.165) is 30.8 Å². The van der Waals surface area contributed by atoms with Crippen molar-refractivity contribution in [3.05, 3.63) is 48.9 Å². The molecule has 0 radical (unpaired) electrons. The Balaban J connectivity index is 1.41. The zero-order valence-corrected chi connectivity index (χ0v) is 15.8. The molecule has 7 heteroatoms. The number of hydrogen-bond donors (Lipinski definition) is 0. The number of imidazole rings is 1. The average molecular weight is 367 g/mol. The third kappa shape index (κ3) is 4.03. The van der Waals surface area contributed by atoms with Gasteiger partial charge in [-0.25, -0.2) is 4.98 Å². The van der Waals surface area contributed by atoms with Gasteiger partial charge in [-0.2, -0.15) is 4.98 Å². The summed E-state index contributed by atoms with van der Waals surface area (Å²) in [5.41, 5.74) is 0.928. The highest BCUT2D eigenvalue weighted by molar-refractivity contribution is 5.55. The Kier molecular flexibility index (Phi) is 5.20. The SMILES string of the molecule is CCOc1ccc(-c2noc(CN3CC[C@@H](C)[C@@H](n4ccnc4)C3)n2)cc1. The summed E-state index contributed by atoms with van der Waals surface area (Å²) in [5, 5.41) is 4.14. The van der Waals surface area contributed by atoms with Gasteiger partial charge >= 0.3 is 0 Å². The maximum Gasteiger partial charge on any atom is 0.241 e. The van der Waals surface area contributed by atoms with E-state index in [4.69, 9.17) is 9.26 Å². The van der Waals surface area contributed by atoms with Gasteiger partial charge in [0, 0.05) is 30.5 Å². The maximum absolute atomic E-state index is 5.50. The minimum atomic E-state index is 0.426. The van der Waals surface area contributed by atoms with Gasteiger partial charge in [0.2, 0.25) is 11.7 Å². The van der Waals surface area contributed by atoms with Gasteiger partial charge in [-0.3, -0.25) is 4.90 Å². The number of hydrogen-bond acceptors (Lipinski definition) is 6. The second-order valence-corrected chi connectivity index (χ2v) is 7.05. The quantitative estimate of drug-likeness (QED) is 0.665. The minimum Gasteiger partial charge on any atom is -0.494 e. The van der Waals surface area contributed by atoms with E-state index in [1.54, 1.807) is 0 Å². The second-order valence-electron chi connectivity index (χ2n) is 7.05. The highest BCUT2D eigenvalue weighted by Gasteiger charge is 2.28. The largest absolute Gasteiger partial charge is 0.494 e. The zero-order chi connectivity index (χ0) is 18.6. The van der Waals surface area contributed by atoms with Crippen LogP contribution in [0.5, 0.6) is 5.75 Å². The maximum atomic E-state index is 5.50. The molecule has 0 aliphatic carbocycles. The fourth-order valence-electron chi connectivity index (χ4n) is 3.61. The van der Waals surface area contributed by atoms with E-state index in [-0.39, 0.29) is 0 Å². The van der Waals surface area contributed by atoms with Crippen molar-refractivity contribution in [3.8, 4) is 17.1 Å². The van der Waals surface area contributed by atoms with E-state index in [9.17, 15) is 0 Å². The van der Waals surface area contributed by atoms with Crippen molar-refractivity contribution in [2.75, 3.05) is 19.7 Å². The van der Waals surface area contributed by atoms with E-state index in [1.165, 1.54) is 0 Å². The molecule has 0 amide bonds. The van der Waals surface area contributed by atoms with Crippen LogP contribution in [0, 0.1) is 5.92 Å². The molecular formula is C20H25N5O2. The van der Waals surface area contributed by atoms with Crippen LogP contribution in [0.2, 0.25) is 0 Å². The number of piperidine rings is 1. The van der Waals surface area contributed by atoms with Crippen LogP contribution in [0.1, 0.15) is 32.2 Å². The van der Waals surface area contributed by atoms with Crippen LogP contribution in [0.3, 0.4) is 0 Å². The molecule has 2 aromatic heterocycles. The molecule has 1 aliphatic heterocycles. The van der Waals surface area contributed by atoms with Gasteiger partial charge in [0.25, 0.3) is 0 Å². The number of ether oxygens (including phenoxy) is 1. The monoisotopic (exact) mass is 367 g/mol. The van der Waals surface area contributed by atoms with Gasteiger partial charge in [0.1, 0.15) is 5.75 Å². The molecule has 27 heavy (non-hydrogen) atoms. The molecule has 0 spiro atoms. The van der Waals surface area contributed by atoms with E-state index >= 15 is 0 Å². The van der Waals surface area contributed by atoms with Gasteiger partial charge in [0.05, 0.1) is 19.5 Å². The second kappa shape index (κ2) is 7.92. The van der Waals surface area contributed by atoms with Crippen molar-refractivity contribution < 1.29 is 9.26 Å². The lowest BCUT2D eigenvalue weighted by Crippen LogP contribution is -2.40. The molecule has 0 unspecified atom stereocenters. The third-order valence-electron chi connectivity index (χ3n) is 5.16. The molecule has 3 heterocycles. The first-order valence-corrected chi connectivity index (χ1v) is 9.48. The van der Waals surface area contributed by atoms with Crippen molar-refractivity contribution in [1.82, 2.24) is 24.6 Å². The molecule has 0 bridgehead atoms. The Labute approximate surface area is 159 Å². The van der Waals surface area contributed by atoms with Crippen molar-refractivity contribution in [3.63, 3.8) is 0 Å². The fourth-order valence-corrected chi connectivity index (χ4v) is 3.61. The molecule has 0 N–H and O–H groups in total. The lowest BCUT2D eigenvalue weighted by Gasteiger charge is -2.36. The van der Waals surface area contributed by atoms with E-state index in [2.05, 4.69) is 31.5 Å². The van der Waals surface area contributed by atoms with Crippen molar-refractivity contribution >= 4 is 0 Å². The first-order valence-electron chi connectivity index (χ1n) is 9.48. The smallest absolute Gasteiger partial charge is 0.241 e. The zero-order valence-electron chi connectivity index (χ0n) is 15.8. The molecule has 1 fully saturated rings. The number of aromatic nitrogens is 4. The van der Waals surface area contributed by atoms with Crippen LogP contribution in [0.4, 0.5) is 0 Å². The van der Waals surface area contributed by atoms with Gasteiger partial charge in [0.15, 0.2) is 0 Å². The first-order chi connectivity index (χ1) is 13.2. The summed E-state index contributed by atoms with van der Waals surface area (Å²) in [6.07, 6.45) is 6.93. The number of likely N-dealkylation sites (tertiary alicyclic amines) is 1. The van der Waals surface area contributed by atoms with E-state index in [1.807, 2.05) is 49.9 Å². The molecule has 142 valence electrons. The van der Waals surface area contributed by atoms with Gasteiger partial charge in [-0.05, 0) is 50.1 Å². The molecule has 7 nitrogen and oxygen atoms in total. The predicted octanol–water partition coefficient (Wildman–Crippen LogP) is 3.41. The summed E-state index contributed by atoms with van der Waals surface area (Å²) in [5.74, 6) is 2.73. The Bertz CT molecular complexity index is 844. The molecule has 3 aromatic rings. The summed E-state index contributed by atoms with van der Waals surface area (Å²) in [7, 11) is 0. The highest BCUT2D eigenvalue weighted by atomic mass is 16.5. The lowest BCUT2D eigenvalue weighted by molar-refractivity contribution is 0.114. The number of rotatable bonds is 6. The molecule has 0 saturated carbocycles. The Morgan fingerprint density at radius 1 is 1.26 bits per heavy atom. The van der Waals surface area contributed by atoms with Gasteiger partial charge < -0.3 is 13.8 Å². The summed E-state index contributed by atoms with van der Waals surface area (Å²) < 4.78 is 13.2. The molecule has 2 atom stereocenters. The van der Waals surface area contributed by atoms with Crippen LogP contribution in [0.25, 0.3) is 11.4 Å². The summed E-state index contributed by atoms with van der Waals surface area (Å²) in [6.45, 7) is 7.59. The summed E-state index contributed by atoms with van der Waals surface area (Å²) in [6, 6.07) is 8.19. The first kappa shape index (κ1) is 17.7. The van der Waals surface area contributed by atoms with Crippen LogP contribution in [-0.2, 0) is 6.54 Å². The van der Waals surface area contributed by atoms with Crippen LogP contribution in [-0.4, -0.2) is 44.3 Å². The standard InChI is InChI=1S/C20H25N5O2/c1-3-26-17-6-4-16(5-7-17)20-22-19(27-23-20)13-24-10-8-15(2)18(12-24)25-11-9-21-14-25/h4-7,9,11,14-15,18H,3,8,10,12-13H2,1-2H3/t15-,18+/m1/s1. The average Bonchev–Trinajstić information content (AvgIpc) is 3.36. The topological polar surface area (TPSA) is 69.2 Å². The van der Waals surface area contributed by atoms with Crippen LogP contribution < -0.4 is 4.74 Å². The summed E-state index contributed by atoms with van der Waals surface area (Å²) in [4.78, 5) is 11.1. The normalized spacial score (nSPS) is 20.7. The van der Waals surface area contributed by atoms with Crippen LogP contribution >= 0.6 is 0 Å². The lowest BCUT2D eigenvalue weighted by atomic mass is 9.93. The predicted molar refractivity (Wildman–Crippen MR) is 101 cm³/mol. The molecular weight excluding hydrogens is 342 g/mol. The Morgan fingerprint density at radius 3 is 2.85 bits per heavy atom. The number of benzene rings is 1. The third-order valence-corrected chi connectivity index (χ3v) is 5.16. The molecule has 1 saturated heterocycles. The van der Waals surface area contributed by atoms with E-state index < -0.39 is 0 Å². The van der Waals surface area contributed by atoms with Gasteiger partial charge in [-0.1, -0.05) is 12.1 Å². The van der Waals surface area contributed by atoms with Crippen LogP contribution in [0.15, 0.2) is 47.5 Å². The molecule has 1 aromatic carbocycles. The summed E-state index contributed by atoms with van der Waals surface area (Å²) >= 11 is 0. The van der Waals surface area contributed by atoms with Crippen molar-refractivity contribution in [2.24, 2.45) is 5.92 Å². The van der Waals surface area contributed by atoms with Crippen molar-refractivity contribution in [1.29, 1.82) is 0 Å². The molecule has 1 aliphatic rings. The molecule has 4 rings (SSSR count). The Morgan fingerprint density at radius 2 is 2.11 bits per heavy atom. The van der Waals surface area contributed by atoms with E-state index in [0.29, 0.717) is 36.8 Å². The minimum absolute atomic E-state index is 0.426.